The van der Waals surface area contributed by atoms with Crippen molar-refractivity contribution in [1.82, 2.24) is 0 Å². The number of hydrogen-bond donors (Lipinski definition) is 0. The van der Waals surface area contributed by atoms with E-state index in [-0.39, 0.29) is 23.4 Å². The van der Waals surface area contributed by atoms with Gasteiger partial charge in [-0.3, -0.25) is 14.9 Å². The standard InChI is InChI=1S/C7H11NO4/c9-6-2-4-12-7(5-6)1-3-8(10)11/h7H,1-5H2. The molecule has 1 atom stereocenters. The maximum absolute atomic E-state index is 10.9. The van der Waals surface area contributed by atoms with E-state index in [0.717, 1.165) is 0 Å². The molecule has 1 saturated heterocycles. The number of carbonyl (C=O) groups is 1. The Morgan fingerprint density at radius 2 is 2.42 bits per heavy atom. The Balaban J connectivity index is 2.23. The average molecular weight is 173 g/mol. The Morgan fingerprint density at radius 1 is 1.67 bits per heavy atom. The molecule has 0 aromatic rings. The van der Waals surface area contributed by atoms with E-state index in [1.54, 1.807) is 0 Å². The zero-order valence-corrected chi connectivity index (χ0v) is 6.69. The van der Waals surface area contributed by atoms with Gasteiger partial charge in [0.1, 0.15) is 5.78 Å². The minimum absolute atomic E-state index is 0.113. The molecule has 5 nitrogen and oxygen atoms in total. The fourth-order valence-corrected chi connectivity index (χ4v) is 1.19. The van der Waals surface area contributed by atoms with Crippen molar-refractivity contribution in [3.05, 3.63) is 10.1 Å². The molecule has 0 amide bonds. The van der Waals surface area contributed by atoms with Crippen LogP contribution in [0.3, 0.4) is 0 Å². The normalized spacial score (nSPS) is 24.0. The van der Waals surface area contributed by atoms with E-state index < -0.39 is 0 Å². The molecular formula is C7H11NO4. The molecule has 1 aliphatic rings. The number of ether oxygens (including phenoxy) is 1. The lowest BCUT2D eigenvalue weighted by Gasteiger charge is -2.19. The molecule has 0 radical (unpaired) electrons. The van der Waals surface area contributed by atoms with Gasteiger partial charge in [0.25, 0.3) is 0 Å². The van der Waals surface area contributed by atoms with Crippen LogP contribution in [-0.4, -0.2) is 30.0 Å². The quantitative estimate of drug-likeness (QED) is 0.457. The highest BCUT2D eigenvalue weighted by Gasteiger charge is 2.21. The molecule has 0 spiro atoms. The number of nitro groups is 1. The minimum Gasteiger partial charge on any atom is -0.377 e. The first-order valence-corrected chi connectivity index (χ1v) is 3.93. The smallest absolute Gasteiger partial charge is 0.206 e. The molecular weight excluding hydrogens is 162 g/mol. The van der Waals surface area contributed by atoms with E-state index in [2.05, 4.69) is 0 Å². The Hall–Kier alpha value is -0.970. The zero-order chi connectivity index (χ0) is 8.97. The van der Waals surface area contributed by atoms with E-state index in [1.165, 1.54) is 0 Å². The van der Waals surface area contributed by atoms with Gasteiger partial charge in [-0.2, -0.15) is 0 Å². The van der Waals surface area contributed by atoms with E-state index in [4.69, 9.17) is 4.74 Å². The maximum atomic E-state index is 10.9. The molecule has 0 aromatic carbocycles. The second-order valence-electron chi connectivity index (χ2n) is 2.83. The summed E-state index contributed by atoms with van der Waals surface area (Å²) in [6, 6.07) is 0. The Kier molecular flexibility index (Phi) is 3.16. The summed E-state index contributed by atoms with van der Waals surface area (Å²) in [5.74, 6) is 0.148. The van der Waals surface area contributed by atoms with Crippen LogP contribution in [0.4, 0.5) is 0 Å². The Morgan fingerprint density at radius 3 is 3.00 bits per heavy atom. The van der Waals surface area contributed by atoms with Crippen LogP contribution in [0.2, 0.25) is 0 Å². The fourth-order valence-electron chi connectivity index (χ4n) is 1.19. The van der Waals surface area contributed by atoms with Crippen LogP contribution in [0.25, 0.3) is 0 Å². The lowest BCUT2D eigenvalue weighted by molar-refractivity contribution is -0.482. The van der Waals surface area contributed by atoms with Crippen molar-refractivity contribution in [2.45, 2.75) is 25.4 Å². The predicted molar refractivity (Wildman–Crippen MR) is 40.5 cm³/mol. The average Bonchev–Trinajstić information content (AvgIpc) is 2.01. The fraction of sp³-hybridized carbons (Fsp3) is 0.857. The van der Waals surface area contributed by atoms with Gasteiger partial charge in [0, 0.05) is 24.2 Å². The number of Topliss-reactive ketones (excluding diaryl/α,β-unsaturated/α-hetero) is 1. The third kappa shape index (κ3) is 2.96. The molecule has 68 valence electrons. The van der Waals surface area contributed by atoms with Gasteiger partial charge in [0.15, 0.2) is 0 Å². The van der Waals surface area contributed by atoms with Crippen LogP contribution >= 0.6 is 0 Å². The molecule has 1 unspecified atom stereocenters. The van der Waals surface area contributed by atoms with Crippen molar-refractivity contribution in [1.29, 1.82) is 0 Å². The number of ketones is 1. The van der Waals surface area contributed by atoms with Gasteiger partial charge in [0.05, 0.1) is 12.7 Å². The number of carbonyl (C=O) groups excluding carboxylic acids is 1. The highest BCUT2D eigenvalue weighted by Crippen LogP contribution is 2.12. The van der Waals surface area contributed by atoms with Crippen molar-refractivity contribution < 1.29 is 14.5 Å². The third-order valence-corrected chi connectivity index (χ3v) is 1.82. The van der Waals surface area contributed by atoms with Crippen molar-refractivity contribution in [2.24, 2.45) is 0 Å². The summed E-state index contributed by atoms with van der Waals surface area (Å²) in [4.78, 5) is 20.5. The highest BCUT2D eigenvalue weighted by atomic mass is 16.6. The van der Waals surface area contributed by atoms with Crippen LogP contribution in [-0.2, 0) is 9.53 Å². The van der Waals surface area contributed by atoms with E-state index >= 15 is 0 Å². The van der Waals surface area contributed by atoms with Gasteiger partial charge >= 0.3 is 0 Å². The molecule has 1 rings (SSSR count). The minimum atomic E-state index is -0.386. The van der Waals surface area contributed by atoms with E-state index in [9.17, 15) is 14.9 Å². The van der Waals surface area contributed by atoms with Gasteiger partial charge < -0.3 is 4.74 Å². The first-order chi connectivity index (χ1) is 5.68. The summed E-state index contributed by atoms with van der Waals surface area (Å²) < 4.78 is 5.17. The number of nitrogens with zero attached hydrogens (tertiary/aromatic N) is 1. The van der Waals surface area contributed by atoms with Crippen LogP contribution < -0.4 is 0 Å². The SMILES string of the molecule is O=C1CCOC(CC[N+](=O)[O-])C1. The topological polar surface area (TPSA) is 69.4 Å². The van der Waals surface area contributed by atoms with Crippen molar-refractivity contribution in [2.75, 3.05) is 13.2 Å². The van der Waals surface area contributed by atoms with Crippen LogP contribution in [0.5, 0.6) is 0 Å². The molecule has 1 fully saturated rings. The predicted octanol–water partition coefficient (Wildman–Crippen LogP) is 0.401. The van der Waals surface area contributed by atoms with Gasteiger partial charge in [-0.15, -0.1) is 0 Å². The van der Waals surface area contributed by atoms with Crippen LogP contribution in [0, 0.1) is 10.1 Å². The summed E-state index contributed by atoms with van der Waals surface area (Å²) in [5, 5.41) is 9.99. The molecule has 5 heteroatoms. The van der Waals surface area contributed by atoms with E-state index in [1.807, 2.05) is 0 Å². The van der Waals surface area contributed by atoms with Gasteiger partial charge in [-0.05, 0) is 0 Å². The molecule has 0 bridgehead atoms. The van der Waals surface area contributed by atoms with Crippen LogP contribution in [0.1, 0.15) is 19.3 Å². The summed E-state index contributed by atoms with van der Waals surface area (Å²) in [7, 11) is 0. The van der Waals surface area contributed by atoms with Gasteiger partial charge in [-0.1, -0.05) is 0 Å². The summed E-state index contributed by atoms with van der Waals surface area (Å²) in [5.41, 5.74) is 0. The highest BCUT2D eigenvalue weighted by molar-refractivity contribution is 5.79. The Bertz CT molecular complexity index is 192. The molecule has 0 aromatic heterocycles. The zero-order valence-electron chi connectivity index (χ0n) is 6.69. The molecule has 0 saturated carbocycles. The lowest BCUT2D eigenvalue weighted by atomic mass is 10.1. The monoisotopic (exact) mass is 173 g/mol. The maximum Gasteiger partial charge on any atom is 0.206 e. The molecule has 12 heavy (non-hydrogen) atoms. The molecule has 1 aliphatic heterocycles. The summed E-state index contributed by atoms with van der Waals surface area (Å²) in [6.07, 6.45) is 0.915. The second-order valence-corrected chi connectivity index (χ2v) is 2.83. The Labute approximate surface area is 69.9 Å². The summed E-state index contributed by atoms with van der Waals surface area (Å²) in [6.45, 7) is 0.305. The first kappa shape index (κ1) is 9.12. The third-order valence-electron chi connectivity index (χ3n) is 1.82. The van der Waals surface area contributed by atoms with E-state index in [0.29, 0.717) is 25.9 Å². The number of rotatable bonds is 3. The van der Waals surface area contributed by atoms with Crippen molar-refractivity contribution >= 4 is 5.78 Å². The van der Waals surface area contributed by atoms with Gasteiger partial charge in [-0.25, -0.2) is 0 Å². The number of hydrogen-bond acceptors (Lipinski definition) is 4. The molecule has 1 heterocycles. The van der Waals surface area contributed by atoms with Crippen molar-refractivity contribution in [3.8, 4) is 0 Å². The molecule has 0 N–H and O–H groups in total. The summed E-state index contributed by atoms with van der Waals surface area (Å²) >= 11 is 0. The first-order valence-electron chi connectivity index (χ1n) is 3.93. The lowest BCUT2D eigenvalue weighted by Crippen LogP contribution is -2.27. The van der Waals surface area contributed by atoms with Crippen LogP contribution in [0.15, 0.2) is 0 Å². The molecule has 0 aliphatic carbocycles. The van der Waals surface area contributed by atoms with Crippen molar-refractivity contribution in [3.63, 3.8) is 0 Å². The largest absolute Gasteiger partial charge is 0.377 e. The van der Waals surface area contributed by atoms with Gasteiger partial charge in [0.2, 0.25) is 6.54 Å². The second kappa shape index (κ2) is 4.15.